The van der Waals surface area contributed by atoms with E-state index in [4.69, 9.17) is 0 Å². The average molecular weight is 395 g/mol. The Morgan fingerprint density at radius 2 is 1.83 bits per heavy atom. The Labute approximate surface area is 174 Å². The summed E-state index contributed by atoms with van der Waals surface area (Å²) in [6.07, 6.45) is 2.61. The SMILES string of the molecule is CC(NC(=O)CN1CCN(C2CCCN(C)C2)CC1)c1cccc2ccccc12. The summed E-state index contributed by atoms with van der Waals surface area (Å²) >= 11 is 0. The van der Waals surface area contributed by atoms with E-state index in [0.29, 0.717) is 12.6 Å². The molecule has 4 rings (SSSR count). The molecule has 29 heavy (non-hydrogen) atoms. The molecule has 2 atom stereocenters. The third-order valence-electron chi connectivity index (χ3n) is 6.56. The monoisotopic (exact) mass is 394 g/mol. The average Bonchev–Trinajstić information content (AvgIpc) is 2.73. The van der Waals surface area contributed by atoms with Crippen LogP contribution in [0.3, 0.4) is 0 Å². The Hall–Kier alpha value is -1.95. The molecule has 2 saturated heterocycles. The fraction of sp³-hybridized carbons (Fsp3) is 0.542. The number of piperazine rings is 1. The third kappa shape index (κ3) is 4.97. The third-order valence-corrected chi connectivity index (χ3v) is 6.56. The quantitative estimate of drug-likeness (QED) is 0.846. The number of nitrogens with zero attached hydrogens (tertiary/aromatic N) is 3. The molecule has 2 heterocycles. The second-order valence-corrected chi connectivity index (χ2v) is 8.73. The van der Waals surface area contributed by atoms with Gasteiger partial charge in [0, 0.05) is 38.8 Å². The lowest BCUT2D eigenvalue weighted by Gasteiger charge is -2.42. The summed E-state index contributed by atoms with van der Waals surface area (Å²) in [4.78, 5) is 20.1. The standard InChI is InChI=1S/C24H34N4O/c1-19(22-11-5-8-20-7-3-4-10-23(20)22)25-24(29)18-27-13-15-28(16-14-27)21-9-6-12-26(2)17-21/h3-5,7-8,10-11,19,21H,6,9,12-18H2,1-2H3,(H,25,29). The van der Waals surface area contributed by atoms with Crippen molar-refractivity contribution in [2.75, 3.05) is 52.9 Å². The zero-order valence-corrected chi connectivity index (χ0v) is 17.8. The molecule has 156 valence electrons. The minimum absolute atomic E-state index is 0.00710. The first-order valence-electron chi connectivity index (χ1n) is 11.0. The van der Waals surface area contributed by atoms with Crippen molar-refractivity contribution in [3.05, 3.63) is 48.0 Å². The van der Waals surface area contributed by atoms with Gasteiger partial charge in [-0.3, -0.25) is 14.6 Å². The molecule has 1 amide bonds. The lowest BCUT2D eigenvalue weighted by atomic mass is 10.00. The van der Waals surface area contributed by atoms with Crippen LogP contribution in [-0.2, 0) is 4.79 Å². The van der Waals surface area contributed by atoms with Crippen molar-refractivity contribution in [1.82, 2.24) is 20.0 Å². The molecule has 1 N–H and O–H groups in total. The molecule has 5 nitrogen and oxygen atoms in total. The van der Waals surface area contributed by atoms with Crippen molar-refractivity contribution in [1.29, 1.82) is 0 Å². The number of hydrogen-bond acceptors (Lipinski definition) is 4. The number of hydrogen-bond donors (Lipinski definition) is 1. The number of rotatable bonds is 5. The van der Waals surface area contributed by atoms with Crippen LogP contribution in [-0.4, -0.2) is 79.5 Å². The van der Waals surface area contributed by atoms with Crippen LogP contribution < -0.4 is 5.32 Å². The Morgan fingerprint density at radius 1 is 1.07 bits per heavy atom. The number of likely N-dealkylation sites (N-methyl/N-ethyl adjacent to an activating group) is 1. The van der Waals surface area contributed by atoms with Crippen LogP contribution in [0.1, 0.15) is 31.4 Å². The molecule has 0 aliphatic carbocycles. The van der Waals surface area contributed by atoms with Crippen molar-refractivity contribution in [2.24, 2.45) is 0 Å². The first-order chi connectivity index (χ1) is 14.1. The van der Waals surface area contributed by atoms with Gasteiger partial charge in [0.2, 0.25) is 5.91 Å². The van der Waals surface area contributed by atoms with E-state index in [2.05, 4.69) is 76.5 Å². The van der Waals surface area contributed by atoms with Gasteiger partial charge < -0.3 is 10.2 Å². The van der Waals surface area contributed by atoms with Gasteiger partial charge in [-0.15, -0.1) is 0 Å². The molecule has 2 fully saturated rings. The Morgan fingerprint density at radius 3 is 2.62 bits per heavy atom. The van der Waals surface area contributed by atoms with Crippen LogP contribution in [0.25, 0.3) is 10.8 Å². The molecule has 0 bridgehead atoms. The number of carbonyl (C=O) groups is 1. The van der Waals surface area contributed by atoms with Crippen LogP contribution in [0, 0.1) is 0 Å². The highest BCUT2D eigenvalue weighted by atomic mass is 16.2. The highest BCUT2D eigenvalue weighted by Gasteiger charge is 2.27. The smallest absolute Gasteiger partial charge is 0.234 e. The first kappa shape index (κ1) is 20.3. The molecule has 2 aliphatic heterocycles. The van der Waals surface area contributed by atoms with Gasteiger partial charge in [-0.2, -0.15) is 0 Å². The van der Waals surface area contributed by atoms with E-state index in [-0.39, 0.29) is 11.9 Å². The molecule has 2 unspecified atom stereocenters. The van der Waals surface area contributed by atoms with E-state index >= 15 is 0 Å². The summed E-state index contributed by atoms with van der Waals surface area (Å²) in [5.74, 6) is 0.122. The predicted molar refractivity (Wildman–Crippen MR) is 119 cm³/mol. The molecule has 2 aliphatic rings. The van der Waals surface area contributed by atoms with E-state index in [9.17, 15) is 4.79 Å². The van der Waals surface area contributed by atoms with E-state index in [1.165, 1.54) is 42.3 Å². The van der Waals surface area contributed by atoms with Gasteiger partial charge in [0.25, 0.3) is 0 Å². The summed E-state index contributed by atoms with van der Waals surface area (Å²) < 4.78 is 0. The van der Waals surface area contributed by atoms with Crippen molar-refractivity contribution < 1.29 is 4.79 Å². The second kappa shape index (κ2) is 9.24. The molecular formula is C24H34N4O. The summed E-state index contributed by atoms with van der Waals surface area (Å²) in [6.45, 7) is 9.10. The van der Waals surface area contributed by atoms with Crippen molar-refractivity contribution in [2.45, 2.75) is 31.8 Å². The zero-order valence-electron chi connectivity index (χ0n) is 17.8. The topological polar surface area (TPSA) is 38.8 Å². The van der Waals surface area contributed by atoms with Crippen molar-refractivity contribution in [3.8, 4) is 0 Å². The maximum absolute atomic E-state index is 12.7. The maximum Gasteiger partial charge on any atom is 0.234 e. The lowest BCUT2D eigenvalue weighted by Crippen LogP contribution is -2.55. The molecule has 0 radical (unpaired) electrons. The van der Waals surface area contributed by atoms with E-state index < -0.39 is 0 Å². The largest absolute Gasteiger partial charge is 0.348 e. The number of carbonyl (C=O) groups excluding carboxylic acids is 1. The van der Waals surface area contributed by atoms with Gasteiger partial charge in [0.1, 0.15) is 0 Å². The number of likely N-dealkylation sites (tertiary alicyclic amines) is 1. The lowest BCUT2D eigenvalue weighted by molar-refractivity contribution is -0.123. The molecule has 0 saturated carbocycles. The summed E-state index contributed by atoms with van der Waals surface area (Å²) in [5.41, 5.74) is 1.18. The minimum Gasteiger partial charge on any atom is -0.348 e. The number of benzene rings is 2. The van der Waals surface area contributed by atoms with E-state index in [1.807, 2.05) is 0 Å². The van der Waals surface area contributed by atoms with Crippen molar-refractivity contribution >= 4 is 16.7 Å². The fourth-order valence-electron chi connectivity index (χ4n) is 4.92. The summed E-state index contributed by atoms with van der Waals surface area (Å²) in [6, 6.07) is 15.4. The van der Waals surface area contributed by atoms with Gasteiger partial charge in [0.15, 0.2) is 0 Å². The number of nitrogens with one attached hydrogen (secondary N) is 1. The number of piperidine rings is 1. The Kier molecular flexibility index (Phi) is 6.48. The fourth-order valence-corrected chi connectivity index (χ4v) is 4.92. The minimum atomic E-state index is 0.00710. The van der Waals surface area contributed by atoms with Crippen LogP contribution in [0.4, 0.5) is 0 Å². The molecular weight excluding hydrogens is 360 g/mol. The van der Waals surface area contributed by atoms with Gasteiger partial charge >= 0.3 is 0 Å². The van der Waals surface area contributed by atoms with Crippen LogP contribution in [0.5, 0.6) is 0 Å². The Bertz CT molecular complexity index is 825. The predicted octanol–water partition coefficient (Wildman–Crippen LogP) is 2.73. The van der Waals surface area contributed by atoms with E-state index in [1.54, 1.807) is 0 Å². The molecule has 2 aromatic rings. The number of fused-ring (bicyclic) bond motifs is 1. The highest BCUT2D eigenvalue weighted by molar-refractivity contribution is 5.87. The van der Waals surface area contributed by atoms with Crippen molar-refractivity contribution in [3.63, 3.8) is 0 Å². The highest BCUT2D eigenvalue weighted by Crippen LogP contribution is 2.24. The summed E-state index contributed by atoms with van der Waals surface area (Å²) in [5, 5.41) is 5.65. The van der Waals surface area contributed by atoms with Crippen LogP contribution in [0.2, 0.25) is 0 Å². The molecule has 5 heteroatoms. The second-order valence-electron chi connectivity index (χ2n) is 8.73. The molecule has 2 aromatic carbocycles. The first-order valence-corrected chi connectivity index (χ1v) is 11.0. The van der Waals surface area contributed by atoms with Gasteiger partial charge in [-0.05, 0) is 49.7 Å². The number of amides is 1. The Balaban J connectivity index is 1.28. The van der Waals surface area contributed by atoms with Crippen LogP contribution >= 0.6 is 0 Å². The van der Waals surface area contributed by atoms with Crippen LogP contribution in [0.15, 0.2) is 42.5 Å². The molecule has 0 spiro atoms. The normalized spacial score (nSPS) is 23.2. The summed E-state index contributed by atoms with van der Waals surface area (Å²) in [7, 11) is 2.23. The van der Waals surface area contributed by atoms with Gasteiger partial charge in [-0.1, -0.05) is 42.5 Å². The molecule has 0 aromatic heterocycles. The van der Waals surface area contributed by atoms with Gasteiger partial charge in [-0.25, -0.2) is 0 Å². The van der Waals surface area contributed by atoms with Gasteiger partial charge in [0.05, 0.1) is 12.6 Å². The van der Waals surface area contributed by atoms with E-state index in [0.717, 1.165) is 26.2 Å². The maximum atomic E-state index is 12.7. The zero-order chi connectivity index (χ0) is 20.2.